The summed E-state index contributed by atoms with van der Waals surface area (Å²) < 4.78 is 1.13. The maximum Gasteiger partial charge on any atom is 0.270 e. The molecule has 0 saturated carbocycles. The van der Waals surface area contributed by atoms with Crippen molar-refractivity contribution in [2.75, 3.05) is 0 Å². The highest BCUT2D eigenvalue weighted by Gasteiger charge is 2.13. The van der Waals surface area contributed by atoms with Crippen LogP contribution in [0.5, 0.6) is 0 Å². The lowest BCUT2D eigenvalue weighted by atomic mass is 10.1. The van der Waals surface area contributed by atoms with Crippen molar-refractivity contribution in [3.8, 4) is 0 Å². The molecule has 24 heavy (non-hydrogen) atoms. The summed E-state index contributed by atoms with van der Waals surface area (Å²) in [4.78, 5) is 39.0. The number of nitro benzene ring substituents is 1. The van der Waals surface area contributed by atoms with Gasteiger partial charge in [0.05, 0.1) is 28.7 Å². The molecular formula is C16H10ClN3O4. The van der Waals surface area contributed by atoms with E-state index in [1.807, 2.05) is 0 Å². The number of nitrogens with zero attached hydrogens (tertiary/aromatic N) is 3. The molecule has 1 heterocycles. The van der Waals surface area contributed by atoms with Gasteiger partial charge in [-0.3, -0.25) is 24.3 Å². The van der Waals surface area contributed by atoms with Gasteiger partial charge in [0.2, 0.25) is 0 Å². The smallest absolute Gasteiger partial charge is 0.270 e. The molecule has 2 aromatic carbocycles. The second-order valence-electron chi connectivity index (χ2n) is 5.07. The third-order valence-corrected chi connectivity index (χ3v) is 3.75. The number of aromatic nitrogens is 2. The second-order valence-corrected chi connectivity index (χ2v) is 5.50. The quantitative estimate of drug-likeness (QED) is 0.412. The lowest BCUT2D eigenvalue weighted by molar-refractivity contribution is -0.384. The zero-order chi connectivity index (χ0) is 17.3. The van der Waals surface area contributed by atoms with Crippen LogP contribution in [0, 0.1) is 10.1 Å². The summed E-state index contributed by atoms with van der Waals surface area (Å²) in [5, 5.41) is 11.4. The number of hydrogen-bond donors (Lipinski definition) is 0. The number of carbonyl (C=O) groups is 1. The van der Waals surface area contributed by atoms with E-state index in [2.05, 4.69) is 4.98 Å². The van der Waals surface area contributed by atoms with E-state index >= 15 is 0 Å². The Hall–Kier alpha value is -3.06. The number of benzene rings is 2. The van der Waals surface area contributed by atoms with Crippen LogP contribution < -0.4 is 5.56 Å². The van der Waals surface area contributed by atoms with E-state index in [0.717, 1.165) is 10.6 Å². The van der Waals surface area contributed by atoms with E-state index in [0.29, 0.717) is 16.1 Å². The van der Waals surface area contributed by atoms with Crippen molar-refractivity contribution < 1.29 is 9.72 Å². The van der Waals surface area contributed by atoms with Crippen molar-refractivity contribution in [1.29, 1.82) is 0 Å². The molecule has 0 spiro atoms. The van der Waals surface area contributed by atoms with Gasteiger partial charge < -0.3 is 0 Å². The summed E-state index contributed by atoms with van der Waals surface area (Å²) in [6, 6.07) is 10.1. The van der Waals surface area contributed by atoms with Gasteiger partial charge in [-0.1, -0.05) is 11.6 Å². The first-order chi connectivity index (χ1) is 11.5. The highest BCUT2D eigenvalue weighted by Crippen LogP contribution is 2.16. The molecule has 0 radical (unpaired) electrons. The molecule has 0 N–H and O–H groups in total. The van der Waals surface area contributed by atoms with Gasteiger partial charge in [0.15, 0.2) is 5.78 Å². The van der Waals surface area contributed by atoms with Crippen LogP contribution >= 0.6 is 11.6 Å². The molecule has 0 atom stereocenters. The van der Waals surface area contributed by atoms with Crippen LogP contribution in [0.2, 0.25) is 5.02 Å². The van der Waals surface area contributed by atoms with Crippen LogP contribution in [-0.4, -0.2) is 20.3 Å². The Morgan fingerprint density at radius 1 is 1.21 bits per heavy atom. The normalized spacial score (nSPS) is 10.7. The zero-order valence-electron chi connectivity index (χ0n) is 12.2. The fraction of sp³-hybridized carbons (Fsp3) is 0.0625. The molecule has 0 bridgehead atoms. The molecule has 3 aromatic rings. The summed E-state index contributed by atoms with van der Waals surface area (Å²) in [6.07, 6.45) is 1.25. The van der Waals surface area contributed by atoms with E-state index in [9.17, 15) is 19.7 Å². The van der Waals surface area contributed by atoms with E-state index in [1.165, 1.54) is 18.5 Å². The van der Waals surface area contributed by atoms with Crippen molar-refractivity contribution in [2.45, 2.75) is 6.54 Å². The molecule has 0 fully saturated rings. The number of carbonyl (C=O) groups excluding carboxylic acids is 1. The van der Waals surface area contributed by atoms with Crippen LogP contribution in [0.1, 0.15) is 10.4 Å². The number of ketones is 1. The van der Waals surface area contributed by atoms with Gasteiger partial charge in [-0.15, -0.1) is 0 Å². The summed E-state index contributed by atoms with van der Waals surface area (Å²) >= 11 is 5.78. The highest BCUT2D eigenvalue weighted by molar-refractivity contribution is 6.30. The van der Waals surface area contributed by atoms with E-state index in [1.54, 1.807) is 24.3 Å². The number of hydrogen-bond acceptors (Lipinski definition) is 5. The molecule has 0 aliphatic heterocycles. The summed E-state index contributed by atoms with van der Waals surface area (Å²) in [6.45, 7) is -0.216. The molecule has 0 amide bonds. The molecule has 0 aliphatic rings. The van der Waals surface area contributed by atoms with Crippen molar-refractivity contribution in [2.24, 2.45) is 0 Å². The zero-order valence-corrected chi connectivity index (χ0v) is 12.9. The fourth-order valence-corrected chi connectivity index (χ4v) is 2.38. The van der Waals surface area contributed by atoms with E-state index in [-0.39, 0.29) is 23.4 Å². The van der Waals surface area contributed by atoms with Gasteiger partial charge in [-0.05, 0) is 30.3 Å². The van der Waals surface area contributed by atoms with Crippen LogP contribution in [0.3, 0.4) is 0 Å². The maximum absolute atomic E-state index is 12.5. The van der Waals surface area contributed by atoms with Gasteiger partial charge in [0.25, 0.3) is 11.2 Å². The second kappa shape index (κ2) is 6.21. The maximum atomic E-state index is 12.5. The van der Waals surface area contributed by atoms with E-state index in [4.69, 9.17) is 11.6 Å². The largest absolute Gasteiger partial charge is 0.292 e. The number of fused-ring (bicyclic) bond motifs is 1. The Morgan fingerprint density at radius 3 is 2.58 bits per heavy atom. The van der Waals surface area contributed by atoms with Crippen LogP contribution in [0.4, 0.5) is 5.69 Å². The minimum Gasteiger partial charge on any atom is -0.292 e. The first kappa shape index (κ1) is 15.8. The first-order valence-electron chi connectivity index (χ1n) is 6.88. The van der Waals surface area contributed by atoms with Crippen molar-refractivity contribution in [3.63, 3.8) is 0 Å². The predicted molar refractivity (Wildman–Crippen MR) is 88.4 cm³/mol. The highest BCUT2D eigenvalue weighted by atomic mass is 35.5. The Balaban J connectivity index is 1.99. The van der Waals surface area contributed by atoms with Gasteiger partial charge in [-0.2, -0.15) is 0 Å². The lowest BCUT2D eigenvalue weighted by Crippen LogP contribution is -2.24. The van der Waals surface area contributed by atoms with Crippen molar-refractivity contribution in [3.05, 3.63) is 79.8 Å². The number of non-ortho nitro benzene ring substituents is 1. The van der Waals surface area contributed by atoms with Crippen molar-refractivity contribution in [1.82, 2.24) is 9.55 Å². The fourth-order valence-electron chi connectivity index (χ4n) is 2.25. The average molecular weight is 344 g/mol. The molecule has 120 valence electrons. The number of nitro groups is 1. The van der Waals surface area contributed by atoms with Gasteiger partial charge >= 0.3 is 0 Å². The SMILES string of the molecule is O=C(Cn1cnc2ccc([N+](=O)[O-])cc2c1=O)c1ccc(Cl)cc1. The van der Waals surface area contributed by atoms with Gasteiger partial charge in [-0.25, -0.2) is 4.98 Å². The summed E-state index contributed by atoms with van der Waals surface area (Å²) in [5.74, 6) is -0.291. The molecule has 0 unspecified atom stereocenters. The molecule has 3 rings (SSSR count). The molecule has 7 nitrogen and oxygen atoms in total. The molecular weight excluding hydrogens is 334 g/mol. The lowest BCUT2D eigenvalue weighted by Gasteiger charge is -2.06. The Bertz CT molecular complexity index is 1010. The first-order valence-corrected chi connectivity index (χ1v) is 7.26. The third-order valence-electron chi connectivity index (χ3n) is 3.50. The molecule has 0 saturated heterocycles. The van der Waals surface area contributed by atoms with E-state index < -0.39 is 10.5 Å². The molecule has 8 heteroatoms. The number of Topliss-reactive ketones (excluding diaryl/α,β-unsaturated/α-hetero) is 1. The summed E-state index contributed by atoms with van der Waals surface area (Å²) in [7, 11) is 0. The Kier molecular flexibility index (Phi) is 4.09. The average Bonchev–Trinajstić information content (AvgIpc) is 2.57. The minimum atomic E-state index is -0.588. The van der Waals surface area contributed by atoms with Crippen LogP contribution in [-0.2, 0) is 6.54 Å². The third kappa shape index (κ3) is 3.02. The predicted octanol–water partition coefficient (Wildman–Crippen LogP) is 2.84. The number of rotatable bonds is 4. The van der Waals surface area contributed by atoms with Gasteiger partial charge in [0, 0.05) is 22.7 Å². The minimum absolute atomic E-state index is 0.0932. The topological polar surface area (TPSA) is 95.1 Å². The standard InChI is InChI=1S/C16H10ClN3O4/c17-11-3-1-10(2-4-11)15(21)8-19-9-18-14-6-5-12(20(23)24)7-13(14)16(19)22/h1-7,9H,8H2. The van der Waals surface area contributed by atoms with Crippen molar-refractivity contribution >= 4 is 34.0 Å². The molecule has 0 aliphatic carbocycles. The molecule has 1 aromatic heterocycles. The van der Waals surface area contributed by atoms with Gasteiger partial charge in [0.1, 0.15) is 0 Å². The monoisotopic (exact) mass is 343 g/mol. The number of halogens is 1. The Labute approximate surface area is 140 Å². The Morgan fingerprint density at radius 2 is 1.92 bits per heavy atom. The van der Waals surface area contributed by atoms with Crippen LogP contribution in [0.15, 0.2) is 53.6 Å². The van der Waals surface area contributed by atoms with Crippen LogP contribution in [0.25, 0.3) is 10.9 Å². The summed E-state index contributed by atoms with van der Waals surface area (Å²) in [5.41, 5.74) is 0.0282.